The molecule has 4 unspecified atom stereocenters. The van der Waals surface area contributed by atoms with Crippen molar-refractivity contribution in [2.75, 3.05) is 6.61 Å². The highest BCUT2D eigenvalue weighted by Gasteiger charge is 2.33. The third kappa shape index (κ3) is 5.62. The minimum atomic E-state index is 0.501. The summed E-state index contributed by atoms with van der Waals surface area (Å²) in [5.74, 6) is 4.11. The lowest BCUT2D eigenvalue weighted by atomic mass is 9.71. The molecular formula is C22H40O. The van der Waals surface area contributed by atoms with Gasteiger partial charge in [0.15, 0.2) is 0 Å². The Balaban J connectivity index is 1.77. The van der Waals surface area contributed by atoms with Crippen LogP contribution >= 0.6 is 0 Å². The zero-order valence-electron chi connectivity index (χ0n) is 16.1. The fourth-order valence-corrected chi connectivity index (χ4v) is 4.59. The van der Waals surface area contributed by atoms with Gasteiger partial charge in [0.25, 0.3) is 0 Å². The van der Waals surface area contributed by atoms with Gasteiger partial charge in [0.2, 0.25) is 0 Å². The molecule has 2 aliphatic carbocycles. The Kier molecular flexibility index (Phi) is 8.16. The Hall–Kier alpha value is -0.300. The summed E-state index contributed by atoms with van der Waals surface area (Å²) >= 11 is 0. The Morgan fingerprint density at radius 1 is 0.870 bits per heavy atom. The second-order valence-corrected chi connectivity index (χ2v) is 8.30. The maximum Gasteiger partial charge on any atom is 0.0603 e. The molecule has 0 amide bonds. The lowest BCUT2D eigenvalue weighted by molar-refractivity contribution is -0.0350. The minimum Gasteiger partial charge on any atom is -0.378 e. The quantitative estimate of drug-likeness (QED) is 0.378. The monoisotopic (exact) mass is 320 g/mol. The van der Waals surface area contributed by atoms with Crippen LogP contribution in [-0.4, -0.2) is 12.7 Å². The van der Waals surface area contributed by atoms with Crippen LogP contribution in [0.4, 0.5) is 0 Å². The van der Waals surface area contributed by atoms with Crippen molar-refractivity contribution in [2.24, 2.45) is 29.6 Å². The van der Waals surface area contributed by atoms with Crippen molar-refractivity contribution in [3.63, 3.8) is 0 Å². The van der Waals surface area contributed by atoms with Crippen molar-refractivity contribution in [1.29, 1.82) is 0 Å². The van der Waals surface area contributed by atoms with Gasteiger partial charge in [-0.15, -0.1) is 0 Å². The fourth-order valence-electron chi connectivity index (χ4n) is 4.59. The van der Waals surface area contributed by atoms with Gasteiger partial charge >= 0.3 is 0 Å². The van der Waals surface area contributed by atoms with Gasteiger partial charge in [-0.05, 0) is 74.5 Å². The largest absolute Gasteiger partial charge is 0.378 e. The smallest absolute Gasteiger partial charge is 0.0603 e. The predicted octanol–water partition coefficient (Wildman–Crippen LogP) is 6.63. The van der Waals surface area contributed by atoms with E-state index in [1.807, 2.05) is 0 Å². The lowest BCUT2D eigenvalue weighted by Crippen LogP contribution is -2.36. The van der Waals surface area contributed by atoms with E-state index >= 15 is 0 Å². The van der Waals surface area contributed by atoms with Gasteiger partial charge in [-0.3, -0.25) is 0 Å². The van der Waals surface area contributed by atoms with E-state index in [0.29, 0.717) is 12.0 Å². The zero-order chi connectivity index (χ0) is 16.7. The fraction of sp³-hybridized carbons (Fsp3) is 0.909. The predicted molar refractivity (Wildman–Crippen MR) is 101 cm³/mol. The summed E-state index contributed by atoms with van der Waals surface area (Å²) in [6.45, 7) is 10.4. The first-order valence-corrected chi connectivity index (χ1v) is 10.5. The molecule has 2 saturated carbocycles. The van der Waals surface area contributed by atoms with Gasteiger partial charge in [-0.1, -0.05) is 52.7 Å². The van der Waals surface area contributed by atoms with Crippen molar-refractivity contribution >= 4 is 0 Å². The summed E-state index contributed by atoms with van der Waals surface area (Å²) in [6, 6.07) is 0. The van der Waals surface area contributed by atoms with E-state index in [4.69, 9.17) is 4.74 Å². The Bertz CT molecular complexity index is 340. The van der Waals surface area contributed by atoms with Crippen LogP contribution in [0, 0.1) is 29.6 Å². The molecule has 0 N–H and O–H groups in total. The van der Waals surface area contributed by atoms with Gasteiger partial charge in [-0.25, -0.2) is 0 Å². The molecule has 0 bridgehead atoms. The first-order valence-electron chi connectivity index (χ1n) is 10.5. The van der Waals surface area contributed by atoms with E-state index in [2.05, 4.69) is 39.8 Å². The maximum absolute atomic E-state index is 6.15. The van der Waals surface area contributed by atoms with Crippen LogP contribution in [0.25, 0.3) is 0 Å². The van der Waals surface area contributed by atoms with Gasteiger partial charge in [0.05, 0.1) is 6.10 Å². The molecule has 2 aliphatic rings. The highest BCUT2D eigenvalue weighted by Crippen LogP contribution is 2.38. The van der Waals surface area contributed by atoms with Crippen molar-refractivity contribution in [1.82, 2.24) is 0 Å². The van der Waals surface area contributed by atoms with Crippen molar-refractivity contribution in [2.45, 2.75) is 91.6 Å². The van der Waals surface area contributed by atoms with Crippen LogP contribution in [0.5, 0.6) is 0 Å². The molecule has 134 valence electrons. The first kappa shape index (κ1) is 19.0. The van der Waals surface area contributed by atoms with Crippen LogP contribution in [0.1, 0.15) is 85.5 Å². The van der Waals surface area contributed by atoms with Gasteiger partial charge in [0, 0.05) is 6.61 Å². The van der Waals surface area contributed by atoms with Crippen molar-refractivity contribution in [3.8, 4) is 0 Å². The van der Waals surface area contributed by atoms with E-state index in [1.54, 1.807) is 0 Å². The number of hydrogen-bond donors (Lipinski definition) is 0. The molecule has 0 heterocycles. The normalized spacial score (nSPS) is 39.0. The molecule has 0 aromatic carbocycles. The molecule has 23 heavy (non-hydrogen) atoms. The highest BCUT2D eigenvalue weighted by atomic mass is 16.5. The van der Waals surface area contributed by atoms with Gasteiger partial charge in [-0.2, -0.15) is 0 Å². The summed E-state index contributed by atoms with van der Waals surface area (Å²) in [5.41, 5.74) is 0. The van der Waals surface area contributed by atoms with Crippen LogP contribution in [0.2, 0.25) is 0 Å². The second kappa shape index (κ2) is 9.87. The van der Waals surface area contributed by atoms with Crippen LogP contribution in [0.3, 0.4) is 0 Å². The molecule has 4 atom stereocenters. The molecule has 0 spiro atoms. The lowest BCUT2D eigenvalue weighted by Gasteiger charge is -2.39. The summed E-state index contributed by atoms with van der Waals surface area (Å²) < 4.78 is 6.15. The third-order valence-electron chi connectivity index (χ3n) is 6.80. The second-order valence-electron chi connectivity index (χ2n) is 8.30. The Morgan fingerprint density at radius 2 is 1.61 bits per heavy atom. The maximum atomic E-state index is 6.15. The molecule has 0 aromatic rings. The molecule has 2 rings (SSSR count). The average molecular weight is 321 g/mol. The van der Waals surface area contributed by atoms with E-state index in [0.717, 1.165) is 30.3 Å². The molecule has 1 nitrogen and oxygen atoms in total. The highest BCUT2D eigenvalue weighted by molar-refractivity contribution is 4.99. The number of rotatable bonds is 7. The summed E-state index contributed by atoms with van der Waals surface area (Å²) in [4.78, 5) is 0. The molecule has 0 aliphatic heterocycles. The average Bonchev–Trinajstić information content (AvgIpc) is 2.58. The molecular weight excluding hydrogens is 280 g/mol. The van der Waals surface area contributed by atoms with Crippen LogP contribution < -0.4 is 0 Å². The molecule has 0 aromatic heterocycles. The van der Waals surface area contributed by atoms with Gasteiger partial charge < -0.3 is 4.74 Å². The minimum absolute atomic E-state index is 0.501. The topological polar surface area (TPSA) is 9.23 Å². The standard InChI is InChI=1S/C22H40O/c1-5-7-16-23-22-15-14-21(17(3)18(22)4)13-12-20-10-8-19(6-2)9-11-20/h12-13,17-22H,5-11,14-16H2,1-4H3. The van der Waals surface area contributed by atoms with E-state index in [1.165, 1.54) is 57.8 Å². The molecule has 0 saturated heterocycles. The van der Waals surface area contributed by atoms with Crippen LogP contribution in [-0.2, 0) is 4.74 Å². The summed E-state index contributed by atoms with van der Waals surface area (Å²) in [5, 5.41) is 0. The number of unbranched alkanes of at least 4 members (excludes halogenated alkanes) is 1. The van der Waals surface area contributed by atoms with Crippen LogP contribution in [0.15, 0.2) is 12.2 Å². The molecule has 2 fully saturated rings. The summed E-state index contributed by atoms with van der Waals surface area (Å²) in [7, 11) is 0. The van der Waals surface area contributed by atoms with E-state index < -0.39 is 0 Å². The third-order valence-corrected chi connectivity index (χ3v) is 6.80. The van der Waals surface area contributed by atoms with Crippen molar-refractivity contribution < 1.29 is 4.74 Å². The zero-order valence-corrected chi connectivity index (χ0v) is 16.1. The van der Waals surface area contributed by atoms with E-state index in [-0.39, 0.29) is 0 Å². The van der Waals surface area contributed by atoms with Gasteiger partial charge in [0.1, 0.15) is 0 Å². The molecule has 1 heteroatoms. The Labute approximate surface area is 145 Å². The number of ether oxygens (including phenoxy) is 1. The summed E-state index contributed by atoms with van der Waals surface area (Å²) in [6.07, 6.45) is 17.8. The number of hydrogen-bond acceptors (Lipinski definition) is 1. The Morgan fingerprint density at radius 3 is 2.26 bits per heavy atom. The van der Waals surface area contributed by atoms with Crippen molar-refractivity contribution in [3.05, 3.63) is 12.2 Å². The SMILES string of the molecule is CCCCOC1CCC(C=CC2CCC(CC)CC2)C(C)C1C. The molecule has 0 radical (unpaired) electrons. The first-order chi connectivity index (χ1) is 11.2. The number of allylic oxidation sites excluding steroid dienone is 2. The van der Waals surface area contributed by atoms with E-state index in [9.17, 15) is 0 Å².